The molecule has 2 heterocycles. The van der Waals surface area contributed by atoms with Crippen molar-refractivity contribution in [3.63, 3.8) is 0 Å². The van der Waals surface area contributed by atoms with E-state index >= 15 is 0 Å². The minimum atomic E-state index is 0.0561. The van der Waals surface area contributed by atoms with Crippen LogP contribution in [0.3, 0.4) is 0 Å². The summed E-state index contributed by atoms with van der Waals surface area (Å²) in [7, 11) is 0. The Morgan fingerprint density at radius 2 is 2.04 bits per heavy atom. The average Bonchev–Trinajstić information content (AvgIpc) is 3.26. The molecular formula is C16H19N5O3. The summed E-state index contributed by atoms with van der Waals surface area (Å²) in [4.78, 5) is 12.5. The van der Waals surface area contributed by atoms with Crippen LogP contribution in [0.4, 0.5) is 5.69 Å². The topological polar surface area (TPSA) is 91.2 Å². The molecule has 1 aliphatic heterocycles. The molecule has 0 bridgehead atoms. The van der Waals surface area contributed by atoms with Gasteiger partial charge < -0.3 is 14.8 Å². The molecule has 0 unspecified atom stereocenters. The summed E-state index contributed by atoms with van der Waals surface area (Å²) < 4.78 is 12.4. The molecule has 0 radical (unpaired) electrons. The van der Waals surface area contributed by atoms with E-state index in [0.29, 0.717) is 11.7 Å². The summed E-state index contributed by atoms with van der Waals surface area (Å²) >= 11 is 0. The molecule has 8 nitrogen and oxygen atoms in total. The number of tetrazole rings is 1. The van der Waals surface area contributed by atoms with Crippen molar-refractivity contribution in [2.45, 2.75) is 32.2 Å². The van der Waals surface area contributed by atoms with E-state index in [1.54, 1.807) is 11.0 Å². The molecule has 0 spiro atoms. The van der Waals surface area contributed by atoms with Crippen LogP contribution < -0.4 is 14.8 Å². The number of rotatable bonds is 4. The standard InChI is InChI=1S/C16H19N5O3/c22-16(18-13-5-6-14-15(7-13)24-10-23-14)12-3-1-11(2-4-12)8-21-9-17-19-20-21/h5-7,9,11-12H,1-4,8,10H2,(H,18,22). The van der Waals surface area contributed by atoms with Crippen LogP contribution in [0, 0.1) is 11.8 Å². The van der Waals surface area contributed by atoms with Crippen molar-refractivity contribution >= 4 is 11.6 Å². The first-order valence-electron chi connectivity index (χ1n) is 8.19. The van der Waals surface area contributed by atoms with Crippen LogP contribution in [0.25, 0.3) is 0 Å². The van der Waals surface area contributed by atoms with Gasteiger partial charge in [0, 0.05) is 24.2 Å². The van der Waals surface area contributed by atoms with E-state index in [2.05, 4.69) is 20.8 Å². The van der Waals surface area contributed by atoms with Crippen LogP contribution in [-0.2, 0) is 11.3 Å². The van der Waals surface area contributed by atoms with Gasteiger partial charge >= 0.3 is 0 Å². The maximum atomic E-state index is 12.5. The number of benzene rings is 1. The quantitative estimate of drug-likeness (QED) is 0.920. The molecule has 1 N–H and O–H groups in total. The lowest BCUT2D eigenvalue weighted by Crippen LogP contribution is -2.28. The lowest BCUT2D eigenvalue weighted by Gasteiger charge is -2.27. The summed E-state index contributed by atoms with van der Waals surface area (Å²) in [5.74, 6) is 2.06. The minimum absolute atomic E-state index is 0.0561. The molecule has 2 aromatic rings. The summed E-state index contributed by atoms with van der Waals surface area (Å²) in [5.41, 5.74) is 0.750. The predicted molar refractivity (Wildman–Crippen MR) is 84.5 cm³/mol. The van der Waals surface area contributed by atoms with Crippen molar-refractivity contribution in [2.75, 3.05) is 12.1 Å². The molecule has 1 fully saturated rings. The number of nitrogens with one attached hydrogen (secondary N) is 1. The average molecular weight is 329 g/mol. The van der Waals surface area contributed by atoms with Crippen molar-refractivity contribution < 1.29 is 14.3 Å². The highest BCUT2D eigenvalue weighted by molar-refractivity contribution is 5.92. The number of aromatic nitrogens is 4. The molecule has 0 atom stereocenters. The smallest absolute Gasteiger partial charge is 0.231 e. The first-order chi connectivity index (χ1) is 11.8. The Morgan fingerprint density at radius 3 is 2.83 bits per heavy atom. The Kier molecular flexibility index (Phi) is 4.02. The van der Waals surface area contributed by atoms with Crippen LogP contribution in [0.5, 0.6) is 11.5 Å². The number of fused-ring (bicyclic) bond motifs is 1. The molecule has 1 aliphatic carbocycles. The Bertz CT molecular complexity index is 711. The second-order valence-corrected chi connectivity index (χ2v) is 6.31. The molecule has 1 saturated carbocycles. The fourth-order valence-electron chi connectivity index (χ4n) is 3.35. The zero-order valence-electron chi connectivity index (χ0n) is 13.2. The third-order valence-corrected chi connectivity index (χ3v) is 4.69. The van der Waals surface area contributed by atoms with Crippen molar-refractivity contribution in [1.82, 2.24) is 20.2 Å². The van der Waals surface area contributed by atoms with E-state index in [1.165, 1.54) is 0 Å². The van der Waals surface area contributed by atoms with Gasteiger partial charge in [-0.15, -0.1) is 5.10 Å². The van der Waals surface area contributed by atoms with Gasteiger partial charge in [0.05, 0.1) is 0 Å². The number of nitrogens with zero attached hydrogens (tertiary/aromatic N) is 4. The zero-order valence-corrected chi connectivity index (χ0v) is 13.2. The van der Waals surface area contributed by atoms with E-state index in [1.807, 2.05) is 18.2 Å². The van der Waals surface area contributed by atoms with Crippen molar-refractivity contribution in [3.05, 3.63) is 24.5 Å². The van der Waals surface area contributed by atoms with E-state index in [0.717, 1.165) is 43.7 Å². The fourth-order valence-corrected chi connectivity index (χ4v) is 3.35. The van der Waals surface area contributed by atoms with Crippen LogP contribution >= 0.6 is 0 Å². The second kappa shape index (κ2) is 6.46. The number of carbonyl (C=O) groups is 1. The number of carbonyl (C=O) groups excluding carboxylic acids is 1. The molecule has 0 saturated heterocycles. The maximum Gasteiger partial charge on any atom is 0.231 e. The summed E-state index contributed by atoms with van der Waals surface area (Å²) in [5, 5.41) is 14.2. The monoisotopic (exact) mass is 329 g/mol. The van der Waals surface area contributed by atoms with Gasteiger partial charge in [-0.1, -0.05) is 0 Å². The van der Waals surface area contributed by atoms with Gasteiger partial charge in [-0.05, 0) is 54.2 Å². The van der Waals surface area contributed by atoms with Crippen molar-refractivity contribution in [3.8, 4) is 11.5 Å². The van der Waals surface area contributed by atoms with Crippen molar-refractivity contribution in [2.24, 2.45) is 11.8 Å². The maximum absolute atomic E-state index is 12.5. The van der Waals surface area contributed by atoms with Gasteiger partial charge in [0.1, 0.15) is 6.33 Å². The van der Waals surface area contributed by atoms with E-state index in [9.17, 15) is 4.79 Å². The minimum Gasteiger partial charge on any atom is -0.454 e. The summed E-state index contributed by atoms with van der Waals surface area (Å²) in [6.45, 7) is 1.06. The molecule has 1 aromatic carbocycles. The lowest BCUT2D eigenvalue weighted by molar-refractivity contribution is -0.121. The third kappa shape index (κ3) is 3.17. The van der Waals surface area contributed by atoms with Gasteiger partial charge in [0.2, 0.25) is 12.7 Å². The first-order valence-corrected chi connectivity index (χ1v) is 8.19. The van der Waals surface area contributed by atoms with Crippen LogP contribution in [0.1, 0.15) is 25.7 Å². The Hall–Kier alpha value is -2.64. The predicted octanol–water partition coefficient (Wildman–Crippen LogP) is 1.85. The normalized spacial score (nSPS) is 22.3. The Morgan fingerprint density at radius 1 is 1.21 bits per heavy atom. The highest BCUT2D eigenvalue weighted by Gasteiger charge is 2.27. The van der Waals surface area contributed by atoms with E-state index in [-0.39, 0.29) is 18.6 Å². The largest absolute Gasteiger partial charge is 0.454 e. The highest BCUT2D eigenvalue weighted by atomic mass is 16.7. The Balaban J connectivity index is 1.30. The molecule has 2 aliphatic rings. The number of hydrogen-bond acceptors (Lipinski definition) is 6. The molecule has 8 heteroatoms. The molecule has 24 heavy (non-hydrogen) atoms. The first kappa shape index (κ1) is 14.9. The van der Waals surface area contributed by atoms with E-state index < -0.39 is 0 Å². The fraction of sp³-hybridized carbons (Fsp3) is 0.500. The van der Waals surface area contributed by atoms with Crippen LogP contribution in [0.15, 0.2) is 24.5 Å². The van der Waals surface area contributed by atoms with Crippen molar-refractivity contribution in [1.29, 1.82) is 0 Å². The van der Waals surface area contributed by atoms with Crippen LogP contribution in [-0.4, -0.2) is 32.9 Å². The molecule has 1 aromatic heterocycles. The second-order valence-electron chi connectivity index (χ2n) is 6.31. The number of hydrogen-bond donors (Lipinski definition) is 1. The lowest BCUT2D eigenvalue weighted by atomic mass is 9.81. The van der Waals surface area contributed by atoms with Gasteiger partial charge in [0.15, 0.2) is 11.5 Å². The van der Waals surface area contributed by atoms with Gasteiger partial charge in [-0.25, -0.2) is 4.68 Å². The SMILES string of the molecule is O=C(Nc1ccc2c(c1)OCO2)C1CCC(Cn2cnnn2)CC1. The summed E-state index contributed by atoms with van der Waals surface area (Å²) in [6, 6.07) is 5.47. The molecule has 126 valence electrons. The van der Waals surface area contributed by atoms with Gasteiger partial charge in [-0.2, -0.15) is 0 Å². The third-order valence-electron chi connectivity index (χ3n) is 4.69. The highest BCUT2D eigenvalue weighted by Crippen LogP contribution is 2.35. The summed E-state index contributed by atoms with van der Waals surface area (Å²) in [6.07, 6.45) is 5.45. The molecule has 1 amide bonds. The number of amides is 1. The van der Waals surface area contributed by atoms with E-state index in [4.69, 9.17) is 9.47 Å². The van der Waals surface area contributed by atoms with Gasteiger partial charge in [-0.3, -0.25) is 4.79 Å². The zero-order chi connectivity index (χ0) is 16.4. The Labute approximate surface area is 139 Å². The number of ether oxygens (including phenoxy) is 2. The van der Waals surface area contributed by atoms with Crippen LogP contribution in [0.2, 0.25) is 0 Å². The molecular weight excluding hydrogens is 310 g/mol. The number of anilines is 1. The van der Waals surface area contributed by atoms with Gasteiger partial charge in [0.25, 0.3) is 0 Å². The molecule has 4 rings (SSSR count).